The molecule has 0 aromatic heterocycles. The van der Waals surface area contributed by atoms with Crippen LogP contribution in [0.15, 0.2) is 18.2 Å². The minimum absolute atomic E-state index is 0.00342. The van der Waals surface area contributed by atoms with Crippen molar-refractivity contribution in [2.75, 3.05) is 32.6 Å². The van der Waals surface area contributed by atoms with Crippen molar-refractivity contribution in [3.63, 3.8) is 0 Å². The summed E-state index contributed by atoms with van der Waals surface area (Å²) in [6.07, 6.45) is 0.978. The molecular weight excluding hydrogens is 254 g/mol. The molecule has 108 valence electrons. The van der Waals surface area contributed by atoms with Crippen LogP contribution in [0.4, 0.5) is 10.5 Å². The molecule has 0 aliphatic carbocycles. The molecule has 1 N–H and O–H groups in total. The number of amides is 1. The molecule has 0 radical (unpaired) electrons. The molecule has 3 rings (SSSR count). The van der Waals surface area contributed by atoms with Gasteiger partial charge in [-0.2, -0.15) is 0 Å². The lowest BCUT2D eigenvalue weighted by Gasteiger charge is -2.32. The van der Waals surface area contributed by atoms with Gasteiger partial charge in [0, 0.05) is 37.3 Å². The predicted molar refractivity (Wildman–Crippen MR) is 78.3 cm³/mol. The fourth-order valence-electron chi connectivity index (χ4n) is 3.88. The summed E-state index contributed by atoms with van der Waals surface area (Å²) < 4.78 is 5.47. The molecule has 0 spiro atoms. The van der Waals surface area contributed by atoms with E-state index in [4.69, 9.17) is 4.74 Å². The summed E-state index contributed by atoms with van der Waals surface area (Å²) in [6, 6.07) is 5.93. The number of carbonyl (C=O) groups excluding carboxylic acids is 1. The van der Waals surface area contributed by atoms with E-state index in [2.05, 4.69) is 42.2 Å². The summed E-state index contributed by atoms with van der Waals surface area (Å²) in [5, 5.41) is 2.51. The maximum absolute atomic E-state index is 11.6. The number of anilines is 1. The van der Waals surface area contributed by atoms with Crippen molar-refractivity contribution < 1.29 is 9.53 Å². The first-order chi connectivity index (χ1) is 9.49. The molecule has 0 bridgehead atoms. The Morgan fingerprint density at radius 3 is 2.90 bits per heavy atom. The van der Waals surface area contributed by atoms with Gasteiger partial charge in [0.15, 0.2) is 0 Å². The lowest BCUT2D eigenvalue weighted by Crippen LogP contribution is -2.45. The minimum atomic E-state index is -0.417. The Labute approximate surface area is 119 Å². The van der Waals surface area contributed by atoms with Crippen LogP contribution in [-0.2, 0) is 5.41 Å². The third-order valence-corrected chi connectivity index (χ3v) is 4.70. The summed E-state index contributed by atoms with van der Waals surface area (Å²) in [5.41, 5.74) is 2.31. The molecule has 0 saturated carbocycles. The van der Waals surface area contributed by atoms with Gasteiger partial charge in [0.25, 0.3) is 0 Å². The van der Waals surface area contributed by atoms with Gasteiger partial charge in [-0.1, -0.05) is 13.0 Å². The summed E-state index contributed by atoms with van der Waals surface area (Å²) in [4.78, 5) is 16.2. The standard InChI is InChI=1S/C15H21N3O2/c1-15-8-9-17(3)13(15)18(4)10-6-5-7-11(12(10)15)20-14(19)16-2/h5-7,13H,8-9H2,1-4H3,(H,16,19)/t13-,15+/m1/s1. The fourth-order valence-corrected chi connectivity index (χ4v) is 3.88. The van der Waals surface area contributed by atoms with E-state index in [-0.39, 0.29) is 5.41 Å². The van der Waals surface area contributed by atoms with Crippen LogP contribution in [-0.4, -0.2) is 44.8 Å². The number of benzene rings is 1. The number of nitrogens with zero attached hydrogens (tertiary/aromatic N) is 2. The van der Waals surface area contributed by atoms with E-state index in [1.54, 1.807) is 7.05 Å². The number of nitrogens with one attached hydrogen (secondary N) is 1. The van der Waals surface area contributed by atoms with Crippen LogP contribution in [0.2, 0.25) is 0 Å². The highest BCUT2D eigenvalue weighted by Crippen LogP contribution is 2.54. The highest BCUT2D eigenvalue weighted by atomic mass is 16.6. The third-order valence-electron chi connectivity index (χ3n) is 4.70. The second-order valence-electron chi connectivity index (χ2n) is 5.92. The molecule has 1 fully saturated rings. The molecule has 5 heteroatoms. The van der Waals surface area contributed by atoms with Crippen LogP contribution in [0.25, 0.3) is 0 Å². The largest absolute Gasteiger partial charge is 0.412 e. The molecule has 1 aromatic carbocycles. The Bertz CT molecular complexity index is 560. The van der Waals surface area contributed by atoms with Crippen molar-refractivity contribution in [3.05, 3.63) is 23.8 Å². The van der Waals surface area contributed by atoms with Gasteiger partial charge in [-0.3, -0.25) is 4.90 Å². The van der Waals surface area contributed by atoms with Crippen molar-refractivity contribution in [1.82, 2.24) is 10.2 Å². The van der Waals surface area contributed by atoms with Gasteiger partial charge < -0.3 is 15.0 Å². The number of carbonyl (C=O) groups is 1. The molecule has 2 aliphatic rings. The number of hydrogen-bond donors (Lipinski definition) is 1. The average Bonchev–Trinajstić information content (AvgIpc) is 2.85. The first-order valence-electron chi connectivity index (χ1n) is 6.95. The summed E-state index contributed by atoms with van der Waals surface area (Å²) in [6.45, 7) is 3.32. The second kappa shape index (κ2) is 4.38. The maximum Gasteiger partial charge on any atom is 0.412 e. The number of likely N-dealkylation sites (tertiary alicyclic amines) is 1. The van der Waals surface area contributed by atoms with Gasteiger partial charge in [-0.05, 0) is 25.6 Å². The molecule has 5 nitrogen and oxygen atoms in total. The molecule has 2 heterocycles. The van der Waals surface area contributed by atoms with Gasteiger partial charge >= 0.3 is 6.09 Å². The smallest absolute Gasteiger partial charge is 0.410 e. The van der Waals surface area contributed by atoms with Crippen LogP contribution >= 0.6 is 0 Å². The summed E-state index contributed by atoms with van der Waals surface area (Å²) in [7, 11) is 5.84. The number of rotatable bonds is 1. The van der Waals surface area contributed by atoms with Crippen LogP contribution in [0.3, 0.4) is 0 Å². The van der Waals surface area contributed by atoms with Crippen molar-refractivity contribution in [2.24, 2.45) is 0 Å². The molecule has 1 amide bonds. The van der Waals surface area contributed by atoms with Gasteiger partial charge in [-0.25, -0.2) is 4.79 Å². The van der Waals surface area contributed by atoms with Gasteiger partial charge in [0.2, 0.25) is 0 Å². The SMILES string of the molecule is CNC(=O)Oc1cccc2c1[C@]1(C)CCN(C)[C@@H]1N2C. The number of likely N-dealkylation sites (N-methyl/N-ethyl adjacent to an activating group) is 2. The molecule has 0 unspecified atom stereocenters. The number of fused-ring (bicyclic) bond motifs is 3. The van der Waals surface area contributed by atoms with Crippen molar-refractivity contribution in [2.45, 2.75) is 24.9 Å². The van der Waals surface area contributed by atoms with E-state index in [9.17, 15) is 4.79 Å². The van der Waals surface area contributed by atoms with E-state index in [1.807, 2.05) is 12.1 Å². The zero-order chi connectivity index (χ0) is 14.5. The molecule has 1 saturated heterocycles. The van der Waals surface area contributed by atoms with Crippen LogP contribution in [0, 0.1) is 0 Å². The van der Waals surface area contributed by atoms with Crippen LogP contribution in [0.5, 0.6) is 5.75 Å². The lowest BCUT2D eigenvalue weighted by atomic mass is 9.81. The fraction of sp³-hybridized carbons (Fsp3) is 0.533. The maximum atomic E-state index is 11.6. The van der Waals surface area contributed by atoms with E-state index in [1.165, 1.54) is 0 Å². The quantitative estimate of drug-likeness (QED) is 0.848. The van der Waals surface area contributed by atoms with Crippen molar-refractivity contribution >= 4 is 11.8 Å². The Morgan fingerprint density at radius 2 is 2.20 bits per heavy atom. The molecular formula is C15H21N3O2. The molecule has 2 aliphatic heterocycles. The average molecular weight is 275 g/mol. The third kappa shape index (κ3) is 1.62. The Morgan fingerprint density at radius 1 is 1.45 bits per heavy atom. The number of hydrogen-bond acceptors (Lipinski definition) is 4. The lowest BCUT2D eigenvalue weighted by molar-refractivity contribution is 0.201. The Kier molecular flexibility index (Phi) is 2.90. The first-order valence-corrected chi connectivity index (χ1v) is 6.95. The normalized spacial score (nSPS) is 28.2. The highest BCUT2D eigenvalue weighted by Gasteiger charge is 2.53. The van der Waals surface area contributed by atoms with E-state index in [0.717, 1.165) is 24.2 Å². The Balaban J connectivity index is 2.10. The Hall–Kier alpha value is -1.75. The monoisotopic (exact) mass is 275 g/mol. The van der Waals surface area contributed by atoms with Gasteiger partial charge in [0.1, 0.15) is 5.75 Å². The minimum Gasteiger partial charge on any atom is -0.410 e. The van der Waals surface area contributed by atoms with Crippen LogP contribution < -0.4 is 15.0 Å². The molecule has 20 heavy (non-hydrogen) atoms. The second-order valence-corrected chi connectivity index (χ2v) is 5.92. The first kappa shape index (κ1) is 13.2. The zero-order valence-electron chi connectivity index (χ0n) is 12.4. The van der Waals surface area contributed by atoms with Crippen LogP contribution in [0.1, 0.15) is 18.9 Å². The van der Waals surface area contributed by atoms with Crippen molar-refractivity contribution in [3.8, 4) is 5.75 Å². The number of ether oxygens (including phenoxy) is 1. The highest BCUT2D eigenvalue weighted by molar-refractivity contribution is 5.75. The van der Waals surface area contributed by atoms with Gasteiger partial charge in [0.05, 0.1) is 6.17 Å². The van der Waals surface area contributed by atoms with E-state index >= 15 is 0 Å². The summed E-state index contributed by atoms with van der Waals surface area (Å²) >= 11 is 0. The van der Waals surface area contributed by atoms with E-state index < -0.39 is 6.09 Å². The molecule has 2 atom stereocenters. The topological polar surface area (TPSA) is 44.8 Å². The predicted octanol–water partition coefficient (Wildman–Crippen LogP) is 1.77. The van der Waals surface area contributed by atoms with E-state index in [0.29, 0.717) is 11.9 Å². The zero-order valence-corrected chi connectivity index (χ0v) is 12.4. The van der Waals surface area contributed by atoms with Gasteiger partial charge in [-0.15, -0.1) is 0 Å². The summed E-state index contributed by atoms with van der Waals surface area (Å²) in [5.74, 6) is 0.675. The van der Waals surface area contributed by atoms with Crippen molar-refractivity contribution in [1.29, 1.82) is 0 Å². The molecule has 1 aromatic rings.